The van der Waals surface area contributed by atoms with E-state index in [0.29, 0.717) is 0 Å². The topological polar surface area (TPSA) is 0 Å². The predicted octanol–water partition coefficient (Wildman–Crippen LogP) is 22.8. The maximum Gasteiger partial charge on any atom is 1.00 e. The van der Waals surface area contributed by atoms with Crippen LogP contribution in [0, 0.1) is 49.4 Å². The van der Waals surface area contributed by atoms with Crippen molar-refractivity contribution in [1.29, 1.82) is 0 Å². The molecule has 18 rings (SSSR count). The van der Waals surface area contributed by atoms with Gasteiger partial charge in [-0.3, -0.25) is 23.7 Å². The molecule has 0 aromatic heterocycles. The minimum absolute atomic E-state index is 0. The first-order valence-electron chi connectivity index (χ1n) is 40.8. The molecule has 0 saturated carbocycles. The van der Waals surface area contributed by atoms with Crippen LogP contribution in [0.15, 0.2) is 437 Å². The molecule has 0 N–H and O–H groups in total. The summed E-state index contributed by atoms with van der Waals surface area (Å²) in [4.78, 5) is 0. The Hall–Kier alpha value is -9.56. The first-order valence-corrected chi connectivity index (χ1v) is 47.6. The van der Waals surface area contributed by atoms with Crippen LogP contribution >= 0.6 is 31.7 Å². The molecule has 0 saturated heterocycles. The third-order valence-corrected chi connectivity index (χ3v) is 34.5. The fraction of sp³-hybridized carbons (Fsp3) is 0.0877. The summed E-state index contributed by atoms with van der Waals surface area (Å²) in [6.45, 7) is 0. The molecule has 0 radical (unpaired) electrons. The van der Waals surface area contributed by atoms with Crippen LogP contribution in [0.5, 0.6) is 0 Å². The Labute approximate surface area is 791 Å². The van der Waals surface area contributed by atoms with E-state index in [0.717, 1.165) is 44.5 Å². The molecule has 2 aliphatic carbocycles. The Bertz CT molecular complexity index is 5190. The van der Waals surface area contributed by atoms with Gasteiger partial charge in [0.2, 0.25) is 0 Å². The van der Waals surface area contributed by atoms with Gasteiger partial charge in [0, 0.05) is 0 Å². The average molecular weight is 2370 g/mol. The molecule has 2 aliphatic rings. The van der Waals surface area contributed by atoms with Gasteiger partial charge in [-0.05, 0) is 190 Å². The molecular weight excluding hydrogens is 2280 g/mol. The molecule has 0 amide bonds. The van der Waals surface area contributed by atoms with Crippen LogP contribution in [0.3, 0.4) is 0 Å². The largest absolute Gasteiger partial charge is 1.00 e. The van der Waals surface area contributed by atoms with Gasteiger partial charge in [-0.25, -0.2) is 0 Å². The molecule has 0 atom stereocenters. The van der Waals surface area contributed by atoms with Crippen molar-refractivity contribution < 1.29 is 89.5 Å². The quantitative estimate of drug-likeness (QED) is 0.0209. The number of hydrogen-bond donors (Lipinski definition) is 0. The van der Waals surface area contributed by atoms with Crippen LogP contribution in [-0.4, -0.2) is 24.6 Å². The Morgan fingerprint density at radius 1 is 0.180 bits per heavy atom. The van der Waals surface area contributed by atoms with E-state index in [2.05, 4.69) is 388 Å². The number of hydrogen-bond acceptors (Lipinski definition) is 0. The van der Waals surface area contributed by atoms with Gasteiger partial charge in [0.15, 0.2) is 0 Å². The monoisotopic (exact) mass is 2370 g/mol. The Balaban J connectivity index is 0.000000157. The zero-order valence-corrected chi connectivity index (χ0v) is 80.1. The van der Waals surface area contributed by atoms with Crippen LogP contribution in [-0.2, 0) is 100 Å². The molecule has 0 bridgehead atoms. The fourth-order valence-corrected chi connectivity index (χ4v) is 28.3. The van der Waals surface area contributed by atoms with Gasteiger partial charge in [-0.15, -0.1) is 70.8 Å². The van der Waals surface area contributed by atoms with Crippen LogP contribution in [0.4, 0.5) is 0 Å². The molecular formula is C114H92Au4P4+4. The van der Waals surface area contributed by atoms with Gasteiger partial charge < -0.3 is 25.7 Å². The molecule has 8 heteroatoms. The molecule has 0 heterocycles. The van der Waals surface area contributed by atoms with Crippen molar-refractivity contribution >= 4 is 74.1 Å². The van der Waals surface area contributed by atoms with Gasteiger partial charge in [0.1, 0.15) is 0 Å². The van der Waals surface area contributed by atoms with E-state index in [-0.39, 0.29) is 89.5 Å². The Kier molecular flexibility index (Phi) is 35.7. The first-order chi connectivity index (χ1) is 58.4. The van der Waals surface area contributed by atoms with Gasteiger partial charge in [0.25, 0.3) is 0 Å². The van der Waals surface area contributed by atoms with Crippen molar-refractivity contribution in [3.05, 3.63) is 529 Å². The third kappa shape index (κ3) is 21.4. The zero-order valence-electron chi connectivity index (χ0n) is 67.4. The van der Waals surface area contributed by atoms with Crippen LogP contribution in [0.2, 0.25) is 0 Å². The third-order valence-electron chi connectivity index (χ3n) is 22.9. The summed E-state index contributed by atoms with van der Waals surface area (Å²) < 4.78 is 0. The molecule has 122 heavy (non-hydrogen) atoms. The second-order valence-corrected chi connectivity index (χ2v) is 40.2. The van der Waals surface area contributed by atoms with Crippen LogP contribution in [0.25, 0.3) is 22.3 Å². The summed E-state index contributed by atoms with van der Waals surface area (Å²) in [5.74, 6) is 10.1. The van der Waals surface area contributed by atoms with Gasteiger partial charge in [-0.1, -0.05) is 291 Å². The second kappa shape index (κ2) is 46.8. The molecule has 16 aromatic carbocycles. The standard InChI is InChI=1S/2C29H16.2C28H28P2.4Au/c2*1-3-21-15-17-27-25(19-21)26-20-22(4-2)16-18-28(26)29(27,23-11-7-5-8-12-23)24-13-9-6-10-14-24;2*1-5-15-25(16-6-1)29(26-17-7-2-8-18-26)23-13-14-24-30(27-19-9-3-10-20-27)28-21-11-4-12-22-28;;;;/h2*5-20H;2*1-12,15-22H,13-14,23-24H2;;;;/q2*-2;;;4*+1/p+4. The van der Waals surface area contributed by atoms with Crippen molar-refractivity contribution in [2.45, 2.75) is 36.5 Å². The number of fused-ring (bicyclic) bond motifs is 6. The Morgan fingerprint density at radius 3 is 0.459 bits per heavy atom. The van der Waals surface area contributed by atoms with Crippen molar-refractivity contribution in [2.24, 2.45) is 0 Å². The summed E-state index contributed by atoms with van der Waals surface area (Å²) in [7, 11) is -2.86. The molecule has 0 nitrogen and oxygen atoms in total. The van der Waals surface area contributed by atoms with E-state index in [4.69, 9.17) is 25.7 Å². The minimum Gasteiger partial charge on any atom is -0.366 e. The minimum atomic E-state index is -0.714. The molecule has 0 fully saturated rings. The Morgan fingerprint density at radius 2 is 0.320 bits per heavy atom. The molecule has 0 unspecified atom stereocenters. The van der Waals surface area contributed by atoms with E-state index in [1.54, 1.807) is 0 Å². The second-order valence-electron chi connectivity index (χ2n) is 29.8. The summed E-state index contributed by atoms with van der Waals surface area (Å²) >= 11 is 0. The number of unbranched alkanes of at least 4 members (excludes halogenated alkanes) is 2. The van der Waals surface area contributed by atoms with E-state index >= 15 is 0 Å². The normalized spacial score (nSPS) is 11.7. The first kappa shape index (κ1) is 93.1. The van der Waals surface area contributed by atoms with Crippen molar-refractivity contribution in [1.82, 2.24) is 0 Å². The van der Waals surface area contributed by atoms with Gasteiger partial charge in [-0.2, -0.15) is 0 Å². The maximum absolute atomic E-state index is 7.60. The predicted molar refractivity (Wildman–Crippen MR) is 512 cm³/mol. The van der Waals surface area contributed by atoms with Gasteiger partial charge >= 0.3 is 89.5 Å². The van der Waals surface area contributed by atoms with E-state index in [1.165, 1.54) is 137 Å². The molecule has 0 aliphatic heterocycles. The van der Waals surface area contributed by atoms with E-state index in [1.807, 2.05) is 72.8 Å². The maximum atomic E-state index is 7.60. The molecule has 16 aromatic rings. The molecule has 608 valence electrons. The van der Waals surface area contributed by atoms with Crippen molar-refractivity contribution in [3.63, 3.8) is 0 Å². The average Bonchev–Trinajstić information content (AvgIpc) is 1.54. The summed E-state index contributed by atoms with van der Waals surface area (Å²) in [6.07, 6.45) is 40.8. The summed E-state index contributed by atoms with van der Waals surface area (Å²) in [6, 6.07) is 156. The van der Waals surface area contributed by atoms with Crippen LogP contribution < -0.4 is 42.4 Å². The summed E-state index contributed by atoms with van der Waals surface area (Å²) in [5.41, 5.74) is 16.0. The molecule has 0 spiro atoms. The fourth-order valence-electron chi connectivity index (χ4n) is 17.5. The SMILES string of the molecule is [Au+].[Au+].[Au+].[Au+].[C-]#Cc1ccc2c(c1)-c1cc(C#[C-])ccc1C2(c1ccccc1)c1ccccc1.[C-]#Cc1ccc2c(c1)-c1cc(C#[C-])ccc1C2(c1ccccc1)c1ccccc1.c1ccc([PH+](CCCC[PH+](c2ccccc2)c2ccccc2)c2ccccc2)cc1.c1ccc([PH+](CCCC[PH+](c2ccccc2)c2ccccc2)c2ccccc2)cc1. The smallest absolute Gasteiger partial charge is 0.366 e. The number of benzene rings is 16. The van der Waals surface area contributed by atoms with E-state index in [9.17, 15) is 0 Å². The zero-order chi connectivity index (χ0) is 80.6. The summed E-state index contributed by atoms with van der Waals surface area (Å²) in [5, 5.41) is 12.3. The van der Waals surface area contributed by atoms with Crippen LogP contribution in [0.1, 0.15) is 92.4 Å². The van der Waals surface area contributed by atoms with Crippen molar-refractivity contribution in [2.75, 3.05) is 24.6 Å². The number of rotatable bonds is 22. The van der Waals surface area contributed by atoms with Gasteiger partial charge in [0.05, 0.1) is 110 Å². The van der Waals surface area contributed by atoms with E-state index < -0.39 is 42.5 Å². The van der Waals surface area contributed by atoms with Crippen molar-refractivity contribution in [3.8, 4) is 45.9 Å².